The van der Waals surface area contributed by atoms with Crippen molar-refractivity contribution in [3.63, 3.8) is 0 Å². The van der Waals surface area contributed by atoms with E-state index in [1.165, 1.54) is 29.2 Å². The molecule has 1 aliphatic rings. The van der Waals surface area contributed by atoms with Crippen LogP contribution in [0.25, 0.3) is 10.8 Å². The SMILES string of the molecule is Cc1ccc2c(C3CCNCC3)cccc2c1.Cl. The standard InChI is InChI=1S/C16H19N.ClH/c1-12-5-6-16-14(11-12)3-2-4-15(16)13-7-9-17-10-8-13;/h2-6,11,13,17H,7-10H2,1H3;1H. The molecule has 0 aromatic heterocycles. The summed E-state index contributed by atoms with van der Waals surface area (Å²) in [6.45, 7) is 4.48. The molecule has 1 saturated heterocycles. The Morgan fingerprint density at radius 2 is 1.83 bits per heavy atom. The molecule has 18 heavy (non-hydrogen) atoms. The first-order valence-electron chi connectivity index (χ1n) is 6.54. The van der Waals surface area contributed by atoms with Crippen molar-refractivity contribution >= 4 is 23.2 Å². The smallest absolute Gasteiger partial charge is 0.00431 e. The van der Waals surface area contributed by atoms with E-state index in [1.54, 1.807) is 5.56 Å². The minimum Gasteiger partial charge on any atom is -0.317 e. The maximum absolute atomic E-state index is 3.44. The summed E-state index contributed by atoms with van der Waals surface area (Å²) < 4.78 is 0. The van der Waals surface area contributed by atoms with Crippen LogP contribution in [0.4, 0.5) is 0 Å². The van der Waals surface area contributed by atoms with E-state index in [2.05, 4.69) is 48.6 Å². The number of aryl methyl sites for hydroxylation is 1. The summed E-state index contributed by atoms with van der Waals surface area (Å²) in [5.74, 6) is 0.739. The summed E-state index contributed by atoms with van der Waals surface area (Å²) in [5, 5.41) is 6.28. The molecule has 0 bridgehead atoms. The number of hydrogen-bond donors (Lipinski definition) is 1. The fourth-order valence-electron chi connectivity index (χ4n) is 2.92. The summed E-state index contributed by atoms with van der Waals surface area (Å²) in [7, 11) is 0. The van der Waals surface area contributed by atoms with Gasteiger partial charge in [-0.1, -0.05) is 42.0 Å². The predicted octanol–water partition coefficient (Wildman–Crippen LogP) is 4.04. The molecular weight excluding hydrogens is 242 g/mol. The minimum atomic E-state index is 0. The van der Waals surface area contributed by atoms with Crippen molar-refractivity contribution in [1.29, 1.82) is 0 Å². The van der Waals surface area contributed by atoms with Crippen LogP contribution in [0, 0.1) is 6.92 Å². The molecule has 0 radical (unpaired) electrons. The number of hydrogen-bond acceptors (Lipinski definition) is 1. The van der Waals surface area contributed by atoms with Gasteiger partial charge in [0.1, 0.15) is 0 Å². The number of benzene rings is 2. The molecule has 1 nitrogen and oxygen atoms in total. The summed E-state index contributed by atoms with van der Waals surface area (Å²) in [4.78, 5) is 0. The zero-order chi connectivity index (χ0) is 11.7. The first-order valence-corrected chi connectivity index (χ1v) is 6.54. The lowest BCUT2D eigenvalue weighted by molar-refractivity contribution is 0.462. The second-order valence-corrected chi connectivity index (χ2v) is 5.10. The number of nitrogens with one attached hydrogen (secondary N) is 1. The summed E-state index contributed by atoms with van der Waals surface area (Å²) in [6.07, 6.45) is 2.54. The first kappa shape index (κ1) is 13.4. The van der Waals surface area contributed by atoms with Gasteiger partial charge >= 0.3 is 0 Å². The van der Waals surface area contributed by atoms with Gasteiger partial charge in [-0.05, 0) is 55.1 Å². The molecule has 1 N–H and O–H groups in total. The second kappa shape index (κ2) is 5.73. The molecule has 0 amide bonds. The third kappa shape index (κ3) is 2.52. The van der Waals surface area contributed by atoms with E-state index >= 15 is 0 Å². The van der Waals surface area contributed by atoms with Crippen LogP contribution in [0.3, 0.4) is 0 Å². The van der Waals surface area contributed by atoms with Gasteiger partial charge in [0.2, 0.25) is 0 Å². The Morgan fingerprint density at radius 1 is 1.06 bits per heavy atom. The maximum atomic E-state index is 3.44. The van der Waals surface area contributed by atoms with Crippen molar-refractivity contribution in [3.8, 4) is 0 Å². The molecule has 0 unspecified atom stereocenters. The van der Waals surface area contributed by atoms with Gasteiger partial charge in [0, 0.05) is 0 Å². The molecule has 2 aromatic rings. The van der Waals surface area contributed by atoms with Crippen LogP contribution in [0.5, 0.6) is 0 Å². The van der Waals surface area contributed by atoms with Gasteiger partial charge in [0.15, 0.2) is 0 Å². The highest BCUT2D eigenvalue weighted by atomic mass is 35.5. The minimum absolute atomic E-state index is 0. The Morgan fingerprint density at radius 3 is 2.61 bits per heavy atom. The molecule has 96 valence electrons. The fraction of sp³-hybridized carbons (Fsp3) is 0.375. The van der Waals surface area contributed by atoms with Crippen LogP contribution in [-0.2, 0) is 0 Å². The number of fused-ring (bicyclic) bond motifs is 1. The highest BCUT2D eigenvalue weighted by molar-refractivity contribution is 5.86. The van der Waals surface area contributed by atoms with E-state index in [9.17, 15) is 0 Å². The zero-order valence-corrected chi connectivity index (χ0v) is 11.6. The summed E-state index contributed by atoms with van der Waals surface area (Å²) in [6, 6.07) is 13.6. The van der Waals surface area contributed by atoms with Gasteiger partial charge in [0.25, 0.3) is 0 Å². The van der Waals surface area contributed by atoms with Gasteiger partial charge in [-0.25, -0.2) is 0 Å². The lowest BCUT2D eigenvalue weighted by Gasteiger charge is -2.24. The highest BCUT2D eigenvalue weighted by Crippen LogP contribution is 2.31. The number of halogens is 1. The Labute approximate surface area is 115 Å². The molecule has 2 heteroatoms. The Hall–Kier alpha value is -1.05. The molecule has 2 aromatic carbocycles. The molecule has 1 heterocycles. The van der Waals surface area contributed by atoms with E-state index in [0.717, 1.165) is 19.0 Å². The molecule has 0 saturated carbocycles. The van der Waals surface area contributed by atoms with Crippen molar-refractivity contribution in [3.05, 3.63) is 47.5 Å². The van der Waals surface area contributed by atoms with E-state index in [-0.39, 0.29) is 12.4 Å². The van der Waals surface area contributed by atoms with Crippen LogP contribution < -0.4 is 5.32 Å². The fourth-order valence-corrected chi connectivity index (χ4v) is 2.92. The van der Waals surface area contributed by atoms with Crippen molar-refractivity contribution < 1.29 is 0 Å². The first-order chi connectivity index (χ1) is 8.34. The van der Waals surface area contributed by atoms with Crippen LogP contribution in [-0.4, -0.2) is 13.1 Å². The van der Waals surface area contributed by atoms with Gasteiger partial charge in [0.05, 0.1) is 0 Å². The van der Waals surface area contributed by atoms with Gasteiger partial charge in [-0.15, -0.1) is 12.4 Å². The van der Waals surface area contributed by atoms with Crippen LogP contribution in [0.1, 0.15) is 29.9 Å². The summed E-state index contributed by atoms with van der Waals surface area (Å²) >= 11 is 0. The molecule has 1 fully saturated rings. The lowest BCUT2D eigenvalue weighted by Crippen LogP contribution is -2.26. The van der Waals surface area contributed by atoms with Crippen LogP contribution in [0.2, 0.25) is 0 Å². The van der Waals surface area contributed by atoms with E-state index in [1.807, 2.05) is 0 Å². The van der Waals surface area contributed by atoms with Crippen molar-refractivity contribution in [2.24, 2.45) is 0 Å². The monoisotopic (exact) mass is 261 g/mol. The quantitative estimate of drug-likeness (QED) is 0.817. The van der Waals surface area contributed by atoms with Crippen LogP contribution in [0.15, 0.2) is 36.4 Å². The highest BCUT2D eigenvalue weighted by Gasteiger charge is 2.16. The van der Waals surface area contributed by atoms with E-state index in [4.69, 9.17) is 0 Å². The second-order valence-electron chi connectivity index (χ2n) is 5.10. The number of piperidine rings is 1. The molecular formula is C16H20ClN. The van der Waals surface area contributed by atoms with Crippen molar-refractivity contribution in [2.45, 2.75) is 25.7 Å². The van der Waals surface area contributed by atoms with E-state index < -0.39 is 0 Å². The molecule has 0 spiro atoms. The molecule has 1 aliphatic heterocycles. The third-order valence-corrected chi connectivity index (χ3v) is 3.85. The molecule has 0 atom stereocenters. The normalized spacial score (nSPS) is 16.5. The largest absolute Gasteiger partial charge is 0.317 e. The van der Waals surface area contributed by atoms with Gasteiger partial charge in [-0.2, -0.15) is 0 Å². The van der Waals surface area contributed by atoms with Crippen molar-refractivity contribution in [1.82, 2.24) is 5.32 Å². The average Bonchev–Trinajstić information content (AvgIpc) is 2.39. The molecule has 0 aliphatic carbocycles. The molecule has 3 rings (SSSR count). The Bertz CT molecular complexity index is 530. The van der Waals surface area contributed by atoms with Gasteiger partial charge in [-0.3, -0.25) is 0 Å². The van der Waals surface area contributed by atoms with E-state index in [0.29, 0.717) is 0 Å². The number of rotatable bonds is 1. The van der Waals surface area contributed by atoms with Gasteiger partial charge < -0.3 is 5.32 Å². The summed E-state index contributed by atoms with van der Waals surface area (Å²) in [5.41, 5.74) is 2.89. The van der Waals surface area contributed by atoms with Crippen molar-refractivity contribution in [2.75, 3.05) is 13.1 Å². The van der Waals surface area contributed by atoms with Crippen LogP contribution >= 0.6 is 12.4 Å². The predicted molar refractivity (Wildman–Crippen MR) is 80.8 cm³/mol. The Kier molecular flexibility index (Phi) is 4.26. The zero-order valence-electron chi connectivity index (χ0n) is 10.8. The third-order valence-electron chi connectivity index (χ3n) is 3.85. The Balaban J connectivity index is 0.00000120. The topological polar surface area (TPSA) is 12.0 Å². The maximum Gasteiger partial charge on any atom is -0.00431 e. The average molecular weight is 262 g/mol. The lowest BCUT2D eigenvalue weighted by atomic mass is 9.87.